The maximum absolute atomic E-state index is 12.4. The molecule has 3 aromatic rings. The van der Waals surface area contributed by atoms with Gasteiger partial charge in [0.05, 0.1) is 24.3 Å². The number of imidazole rings is 1. The number of H-pyrrole nitrogens is 1. The Morgan fingerprint density at radius 2 is 2.09 bits per heavy atom. The first-order valence-electron chi connectivity index (χ1n) is 6.57. The normalized spacial score (nSPS) is 11.1. The largest absolute Gasteiger partial charge is 0.468 e. The van der Waals surface area contributed by atoms with Crippen molar-refractivity contribution in [1.82, 2.24) is 15.0 Å². The summed E-state index contributed by atoms with van der Waals surface area (Å²) in [6, 6.07) is 8.84. The summed E-state index contributed by atoms with van der Waals surface area (Å²) in [6.45, 7) is -2.85. The molecule has 22 heavy (non-hydrogen) atoms. The maximum atomic E-state index is 12.4. The van der Waals surface area contributed by atoms with Gasteiger partial charge in [0.2, 0.25) is 0 Å². The number of halogens is 2. The van der Waals surface area contributed by atoms with E-state index in [1.807, 2.05) is 0 Å². The second-order valence-electron chi connectivity index (χ2n) is 4.60. The Morgan fingerprint density at radius 3 is 2.86 bits per heavy atom. The van der Waals surface area contributed by atoms with Crippen LogP contribution in [0, 0.1) is 0 Å². The molecule has 0 spiro atoms. The molecule has 5 nitrogen and oxygen atoms in total. The van der Waals surface area contributed by atoms with E-state index in [9.17, 15) is 8.78 Å². The Morgan fingerprint density at radius 1 is 1.27 bits per heavy atom. The first-order chi connectivity index (χ1) is 10.7. The molecule has 114 valence electrons. The number of hydrogen-bond donors (Lipinski definition) is 1. The number of pyridine rings is 1. The minimum Gasteiger partial charge on any atom is -0.468 e. The third-order valence-electron chi connectivity index (χ3n) is 3.16. The van der Waals surface area contributed by atoms with E-state index in [1.54, 1.807) is 30.5 Å². The minimum absolute atomic E-state index is 0.152. The fraction of sp³-hybridized carbons (Fsp3) is 0.200. The van der Waals surface area contributed by atoms with Crippen LogP contribution in [0.15, 0.2) is 36.5 Å². The molecule has 2 heterocycles. The standard InChI is InChI=1S/C15H13F2N3O2/c1-21-15-19-11-7-10(18-8-12(11)20-15)6-9-4-2-3-5-13(9)22-14(16)17/h2-5,7-8,14H,6H2,1H3,(H,19,20). The SMILES string of the molecule is COc1nc2cc(Cc3ccccc3OC(F)F)ncc2[nH]1. The molecule has 0 fully saturated rings. The summed E-state index contributed by atoms with van der Waals surface area (Å²) in [5.74, 6) is 0.152. The van der Waals surface area contributed by atoms with E-state index >= 15 is 0 Å². The average molecular weight is 305 g/mol. The molecule has 0 amide bonds. The van der Waals surface area contributed by atoms with Gasteiger partial charge < -0.3 is 14.5 Å². The molecular weight excluding hydrogens is 292 g/mol. The van der Waals surface area contributed by atoms with Crippen LogP contribution in [0.25, 0.3) is 11.0 Å². The number of para-hydroxylation sites is 1. The molecule has 1 N–H and O–H groups in total. The minimum atomic E-state index is -2.85. The van der Waals surface area contributed by atoms with Crippen LogP contribution in [0.4, 0.5) is 8.78 Å². The van der Waals surface area contributed by atoms with Crippen molar-refractivity contribution in [2.75, 3.05) is 7.11 Å². The number of nitrogens with one attached hydrogen (secondary N) is 1. The zero-order valence-electron chi connectivity index (χ0n) is 11.7. The Bertz CT molecular complexity index is 789. The van der Waals surface area contributed by atoms with E-state index in [4.69, 9.17) is 4.74 Å². The van der Waals surface area contributed by atoms with Gasteiger partial charge in [-0.2, -0.15) is 13.8 Å². The third kappa shape index (κ3) is 2.98. The van der Waals surface area contributed by atoms with Crippen LogP contribution >= 0.6 is 0 Å². The van der Waals surface area contributed by atoms with Gasteiger partial charge in [-0.25, -0.2) is 0 Å². The highest BCUT2D eigenvalue weighted by atomic mass is 19.3. The van der Waals surface area contributed by atoms with E-state index in [-0.39, 0.29) is 5.75 Å². The number of methoxy groups -OCH3 is 1. The van der Waals surface area contributed by atoms with Crippen molar-refractivity contribution in [2.24, 2.45) is 0 Å². The zero-order valence-corrected chi connectivity index (χ0v) is 11.7. The summed E-state index contributed by atoms with van der Waals surface area (Å²) in [6.07, 6.45) is 2.00. The van der Waals surface area contributed by atoms with Gasteiger partial charge >= 0.3 is 6.61 Å². The molecule has 3 rings (SSSR count). The quantitative estimate of drug-likeness (QED) is 0.786. The van der Waals surface area contributed by atoms with Crippen LogP contribution in [0.5, 0.6) is 11.8 Å². The van der Waals surface area contributed by atoms with Crippen LogP contribution in [0.3, 0.4) is 0 Å². The predicted molar refractivity (Wildman–Crippen MR) is 76.3 cm³/mol. The molecule has 0 unspecified atom stereocenters. The molecule has 0 aliphatic heterocycles. The van der Waals surface area contributed by atoms with Gasteiger partial charge in [-0.05, 0) is 12.1 Å². The second kappa shape index (κ2) is 5.97. The summed E-state index contributed by atoms with van der Waals surface area (Å²) in [7, 11) is 1.52. The first kappa shape index (κ1) is 14.2. The Labute approximate surface area is 124 Å². The molecule has 0 saturated heterocycles. The monoisotopic (exact) mass is 305 g/mol. The molecule has 0 radical (unpaired) electrons. The van der Waals surface area contributed by atoms with Crippen molar-refractivity contribution in [1.29, 1.82) is 0 Å². The number of benzene rings is 1. The number of alkyl halides is 2. The first-order valence-corrected chi connectivity index (χ1v) is 6.57. The van der Waals surface area contributed by atoms with Gasteiger partial charge in [0.25, 0.3) is 6.01 Å². The lowest BCUT2D eigenvalue weighted by Crippen LogP contribution is -2.05. The van der Waals surface area contributed by atoms with Gasteiger partial charge in [-0.15, -0.1) is 0 Å². The summed E-state index contributed by atoms with van der Waals surface area (Å²) < 4.78 is 34.4. The average Bonchev–Trinajstić information content (AvgIpc) is 2.91. The summed E-state index contributed by atoms with van der Waals surface area (Å²) in [5, 5.41) is 0. The molecule has 1 aromatic carbocycles. The van der Waals surface area contributed by atoms with Gasteiger partial charge in [-0.1, -0.05) is 18.2 Å². The lowest BCUT2D eigenvalue weighted by Gasteiger charge is -2.10. The number of nitrogens with zero attached hydrogens (tertiary/aromatic N) is 2. The highest BCUT2D eigenvalue weighted by Crippen LogP contribution is 2.24. The van der Waals surface area contributed by atoms with E-state index < -0.39 is 6.61 Å². The Kier molecular flexibility index (Phi) is 3.86. The molecule has 0 aliphatic carbocycles. The van der Waals surface area contributed by atoms with Crippen molar-refractivity contribution in [3.05, 3.63) is 47.8 Å². The number of aromatic nitrogens is 3. The van der Waals surface area contributed by atoms with Crippen LogP contribution < -0.4 is 9.47 Å². The van der Waals surface area contributed by atoms with Crippen molar-refractivity contribution < 1.29 is 18.3 Å². The molecule has 0 aliphatic rings. The van der Waals surface area contributed by atoms with E-state index in [0.717, 1.165) is 5.52 Å². The topological polar surface area (TPSA) is 60.0 Å². The number of aromatic amines is 1. The number of rotatable bonds is 5. The van der Waals surface area contributed by atoms with E-state index in [0.29, 0.717) is 29.2 Å². The Balaban J connectivity index is 1.89. The third-order valence-corrected chi connectivity index (χ3v) is 3.16. The molecule has 0 saturated carbocycles. The molecule has 2 aromatic heterocycles. The Hall–Kier alpha value is -2.70. The van der Waals surface area contributed by atoms with Crippen molar-refractivity contribution in [3.8, 4) is 11.8 Å². The van der Waals surface area contributed by atoms with Crippen LogP contribution in [-0.4, -0.2) is 28.7 Å². The molecule has 7 heteroatoms. The number of fused-ring (bicyclic) bond motifs is 1. The molecular formula is C15H13F2N3O2. The summed E-state index contributed by atoms with van der Waals surface area (Å²) in [4.78, 5) is 11.5. The number of hydrogen-bond acceptors (Lipinski definition) is 4. The number of ether oxygens (including phenoxy) is 2. The van der Waals surface area contributed by atoms with Gasteiger partial charge in [0, 0.05) is 17.7 Å². The highest BCUT2D eigenvalue weighted by molar-refractivity contribution is 5.75. The van der Waals surface area contributed by atoms with Crippen LogP contribution in [0.1, 0.15) is 11.3 Å². The van der Waals surface area contributed by atoms with Crippen molar-refractivity contribution >= 4 is 11.0 Å². The zero-order chi connectivity index (χ0) is 15.5. The smallest absolute Gasteiger partial charge is 0.387 e. The van der Waals surface area contributed by atoms with Gasteiger partial charge in [0.1, 0.15) is 5.75 Å². The lowest BCUT2D eigenvalue weighted by molar-refractivity contribution is -0.0503. The second-order valence-corrected chi connectivity index (χ2v) is 4.60. The van der Waals surface area contributed by atoms with Crippen molar-refractivity contribution in [3.63, 3.8) is 0 Å². The van der Waals surface area contributed by atoms with E-state index in [2.05, 4.69) is 19.7 Å². The summed E-state index contributed by atoms with van der Waals surface area (Å²) in [5.41, 5.74) is 2.79. The van der Waals surface area contributed by atoms with Gasteiger partial charge in [-0.3, -0.25) is 4.98 Å². The molecule has 0 atom stereocenters. The lowest BCUT2D eigenvalue weighted by atomic mass is 10.1. The van der Waals surface area contributed by atoms with E-state index in [1.165, 1.54) is 13.2 Å². The molecule has 0 bridgehead atoms. The van der Waals surface area contributed by atoms with Crippen LogP contribution in [0.2, 0.25) is 0 Å². The predicted octanol–water partition coefficient (Wildman–Crippen LogP) is 3.16. The summed E-state index contributed by atoms with van der Waals surface area (Å²) >= 11 is 0. The maximum Gasteiger partial charge on any atom is 0.387 e. The van der Waals surface area contributed by atoms with Gasteiger partial charge in [0.15, 0.2) is 0 Å². The highest BCUT2D eigenvalue weighted by Gasteiger charge is 2.11. The van der Waals surface area contributed by atoms with Crippen molar-refractivity contribution in [2.45, 2.75) is 13.0 Å². The van der Waals surface area contributed by atoms with Crippen LogP contribution in [-0.2, 0) is 6.42 Å². The fourth-order valence-corrected chi connectivity index (χ4v) is 2.18. The fourth-order valence-electron chi connectivity index (χ4n) is 2.18.